The summed E-state index contributed by atoms with van der Waals surface area (Å²) in [5, 5.41) is 14.0. The number of aryl methyl sites for hydroxylation is 1. The van der Waals surface area contributed by atoms with Gasteiger partial charge in [-0.05, 0) is 91.2 Å². The lowest BCUT2D eigenvalue weighted by Gasteiger charge is -2.34. The van der Waals surface area contributed by atoms with Crippen LogP contribution in [0.5, 0.6) is 5.75 Å². The zero-order valence-electron chi connectivity index (χ0n) is 23.5. The third-order valence-electron chi connectivity index (χ3n) is 7.87. The number of nitrogens with zero attached hydrogens (tertiary/aromatic N) is 5. The number of pyridine rings is 1. The minimum absolute atomic E-state index is 0.0662. The van der Waals surface area contributed by atoms with Gasteiger partial charge < -0.3 is 14.5 Å². The molecule has 2 atom stereocenters. The van der Waals surface area contributed by atoms with E-state index in [0.717, 1.165) is 53.6 Å². The predicted molar refractivity (Wildman–Crippen MR) is 151 cm³/mol. The van der Waals surface area contributed by atoms with Gasteiger partial charge in [0.05, 0.1) is 18.8 Å². The van der Waals surface area contributed by atoms with Crippen molar-refractivity contribution < 1.29 is 9.47 Å². The highest BCUT2D eigenvalue weighted by Gasteiger charge is 2.36. The van der Waals surface area contributed by atoms with Crippen molar-refractivity contribution in [1.82, 2.24) is 30.1 Å². The average Bonchev–Trinajstić information content (AvgIpc) is 3.63. The summed E-state index contributed by atoms with van der Waals surface area (Å²) in [5.41, 5.74) is 3.13. The van der Waals surface area contributed by atoms with Crippen molar-refractivity contribution in [1.29, 1.82) is 0 Å². The van der Waals surface area contributed by atoms with Crippen molar-refractivity contribution >= 4 is 10.9 Å². The van der Waals surface area contributed by atoms with Gasteiger partial charge in [0.1, 0.15) is 11.8 Å². The molecule has 0 saturated carbocycles. The van der Waals surface area contributed by atoms with E-state index in [1.54, 1.807) is 7.11 Å². The van der Waals surface area contributed by atoms with Crippen LogP contribution in [0.1, 0.15) is 68.6 Å². The van der Waals surface area contributed by atoms with Crippen LogP contribution in [0.25, 0.3) is 10.9 Å². The topological polar surface area (TPSA) is 98.2 Å². The van der Waals surface area contributed by atoms with Gasteiger partial charge in [-0.3, -0.25) is 9.69 Å². The van der Waals surface area contributed by atoms with E-state index < -0.39 is 6.04 Å². The number of methoxy groups -OCH3 is 1. The smallest absolute Gasteiger partial charge is 0.253 e. The van der Waals surface area contributed by atoms with Crippen molar-refractivity contribution in [3.63, 3.8) is 0 Å². The summed E-state index contributed by atoms with van der Waals surface area (Å²) in [5.74, 6) is 1.45. The van der Waals surface area contributed by atoms with E-state index in [-0.39, 0.29) is 17.2 Å². The SMILES string of the molecule is CCC(C)(C)n1nnnc1[C@H](c1cc2ccc(C)cc2[nH]c1=O)N(Cc1ccc(OC)cc1)C[C@@H]1CCCO1. The van der Waals surface area contributed by atoms with Crippen molar-refractivity contribution in [2.75, 3.05) is 20.3 Å². The molecule has 9 nitrogen and oxygen atoms in total. The van der Waals surface area contributed by atoms with E-state index in [9.17, 15) is 4.79 Å². The van der Waals surface area contributed by atoms with Gasteiger partial charge in [-0.2, -0.15) is 0 Å². The van der Waals surface area contributed by atoms with Gasteiger partial charge >= 0.3 is 0 Å². The Bertz CT molecular complexity index is 1470. The van der Waals surface area contributed by atoms with Crippen molar-refractivity contribution in [3.8, 4) is 5.75 Å². The molecule has 1 fully saturated rings. The Kier molecular flexibility index (Phi) is 7.81. The average molecular weight is 531 g/mol. The maximum Gasteiger partial charge on any atom is 0.253 e. The van der Waals surface area contributed by atoms with Crippen LogP contribution in [0.15, 0.2) is 53.3 Å². The zero-order valence-corrected chi connectivity index (χ0v) is 23.5. The first kappa shape index (κ1) is 27.0. The molecule has 0 spiro atoms. The quantitative estimate of drug-likeness (QED) is 0.316. The van der Waals surface area contributed by atoms with Gasteiger partial charge in [0.25, 0.3) is 5.56 Å². The van der Waals surface area contributed by atoms with Crippen molar-refractivity contribution in [3.05, 3.63) is 81.4 Å². The molecule has 39 heavy (non-hydrogen) atoms. The van der Waals surface area contributed by atoms with E-state index in [2.05, 4.69) is 64.4 Å². The lowest BCUT2D eigenvalue weighted by Crippen LogP contribution is -2.41. The van der Waals surface area contributed by atoms with Gasteiger partial charge in [-0.25, -0.2) is 4.68 Å². The fourth-order valence-electron chi connectivity index (χ4n) is 5.26. The highest BCUT2D eigenvalue weighted by atomic mass is 16.5. The van der Waals surface area contributed by atoms with Crippen LogP contribution < -0.4 is 10.3 Å². The summed E-state index contributed by atoms with van der Waals surface area (Å²) in [4.78, 5) is 19.2. The molecule has 3 heterocycles. The number of nitrogens with one attached hydrogen (secondary N) is 1. The third-order valence-corrected chi connectivity index (χ3v) is 7.87. The molecule has 5 rings (SSSR count). The first-order valence-electron chi connectivity index (χ1n) is 13.7. The molecule has 0 amide bonds. The fraction of sp³-hybridized carbons (Fsp3) is 0.467. The second-order valence-electron chi connectivity index (χ2n) is 11.1. The molecule has 0 aliphatic carbocycles. The second-order valence-corrected chi connectivity index (χ2v) is 11.1. The number of hydrogen-bond donors (Lipinski definition) is 1. The number of ether oxygens (including phenoxy) is 2. The van der Waals surface area contributed by atoms with E-state index >= 15 is 0 Å². The fourth-order valence-corrected chi connectivity index (χ4v) is 5.26. The second kappa shape index (κ2) is 11.3. The van der Waals surface area contributed by atoms with Crippen LogP contribution in [0, 0.1) is 6.92 Å². The van der Waals surface area contributed by atoms with E-state index in [0.29, 0.717) is 24.5 Å². The molecular formula is C30H38N6O3. The zero-order chi connectivity index (χ0) is 27.6. The molecule has 1 aliphatic heterocycles. The Balaban J connectivity index is 1.68. The monoisotopic (exact) mass is 530 g/mol. The molecule has 0 bridgehead atoms. The Morgan fingerprint density at radius 1 is 1.21 bits per heavy atom. The van der Waals surface area contributed by atoms with Gasteiger partial charge in [-0.15, -0.1) is 5.10 Å². The lowest BCUT2D eigenvalue weighted by atomic mass is 9.98. The van der Waals surface area contributed by atoms with Gasteiger partial charge in [0.2, 0.25) is 0 Å². The molecule has 4 aromatic rings. The molecule has 0 unspecified atom stereocenters. The normalized spacial score (nSPS) is 16.7. The number of benzene rings is 2. The summed E-state index contributed by atoms with van der Waals surface area (Å²) in [6.45, 7) is 10.3. The van der Waals surface area contributed by atoms with E-state index in [4.69, 9.17) is 9.47 Å². The first-order valence-corrected chi connectivity index (χ1v) is 13.7. The number of aromatic nitrogens is 5. The lowest BCUT2D eigenvalue weighted by molar-refractivity contribution is 0.0562. The summed E-state index contributed by atoms with van der Waals surface area (Å²) in [6, 6.07) is 15.7. The highest BCUT2D eigenvalue weighted by Crippen LogP contribution is 2.33. The van der Waals surface area contributed by atoms with Gasteiger partial charge in [0.15, 0.2) is 5.82 Å². The number of hydrogen-bond acceptors (Lipinski definition) is 7. The Labute approximate surface area is 229 Å². The van der Waals surface area contributed by atoms with E-state index in [1.807, 2.05) is 41.9 Å². The number of H-pyrrole nitrogens is 1. The number of fused-ring (bicyclic) bond motifs is 1. The number of tetrazole rings is 1. The largest absolute Gasteiger partial charge is 0.497 e. The molecule has 2 aromatic heterocycles. The molecule has 206 valence electrons. The first-order chi connectivity index (χ1) is 18.8. The summed E-state index contributed by atoms with van der Waals surface area (Å²) >= 11 is 0. The minimum atomic E-state index is -0.494. The maximum atomic E-state index is 13.8. The number of rotatable bonds is 10. The van der Waals surface area contributed by atoms with Gasteiger partial charge in [0, 0.05) is 30.8 Å². The van der Waals surface area contributed by atoms with Crippen LogP contribution in [-0.2, 0) is 16.8 Å². The van der Waals surface area contributed by atoms with Crippen molar-refractivity contribution in [2.45, 2.75) is 71.2 Å². The predicted octanol–water partition coefficient (Wildman–Crippen LogP) is 4.75. The van der Waals surface area contributed by atoms with Crippen molar-refractivity contribution in [2.24, 2.45) is 0 Å². The molecule has 9 heteroatoms. The summed E-state index contributed by atoms with van der Waals surface area (Å²) in [7, 11) is 1.66. The molecule has 2 aromatic carbocycles. The Hall–Kier alpha value is -3.56. The third kappa shape index (κ3) is 5.74. The van der Waals surface area contributed by atoms with Crippen LogP contribution in [0.4, 0.5) is 0 Å². The molecular weight excluding hydrogens is 492 g/mol. The van der Waals surface area contributed by atoms with Crippen LogP contribution in [-0.4, -0.2) is 56.5 Å². The van der Waals surface area contributed by atoms with Crippen LogP contribution in [0.2, 0.25) is 0 Å². The van der Waals surface area contributed by atoms with Gasteiger partial charge in [-0.1, -0.05) is 31.2 Å². The maximum absolute atomic E-state index is 13.8. The Morgan fingerprint density at radius 3 is 2.69 bits per heavy atom. The highest BCUT2D eigenvalue weighted by molar-refractivity contribution is 5.79. The summed E-state index contributed by atoms with van der Waals surface area (Å²) < 4.78 is 13.3. The Morgan fingerprint density at radius 2 is 2.00 bits per heavy atom. The molecule has 1 saturated heterocycles. The van der Waals surface area contributed by atoms with Crippen LogP contribution >= 0.6 is 0 Å². The molecule has 0 radical (unpaired) electrons. The molecule has 1 N–H and O–H groups in total. The minimum Gasteiger partial charge on any atom is -0.497 e. The number of aromatic amines is 1. The standard InChI is InChI=1S/C30H38N6O3/c1-6-30(3,4)36-28(32-33-34-36)27(25-17-22-12-9-20(2)16-26(22)31-29(25)37)35(19-24-8-7-15-39-24)18-21-10-13-23(38-5)14-11-21/h9-14,16-17,24,27H,6-8,15,18-19H2,1-5H3,(H,31,37)/t24-,27-/m0/s1. The van der Waals surface area contributed by atoms with E-state index in [1.165, 1.54) is 0 Å². The van der Waals surface area contributed by atoms with Crippen LogP contribution in [0.3, 0.4) is 0 Å². The molecule has 1 aliphatic rings. The summed E-state index contributed by atoms with van der Waals surface area (Å²) in [6.07, 6.45) is 2.90.